The average molecular weight is 160 g/mol. The number of hydrogen-bond acceptors (Lipinski definition) is 4. The molecule has 56 valence electrons. The van der Waals surface area contributed by atoms with Gasteiger partial charge < -0.3 is 5.32 Å². The van der Waals surface area contributed by atoms with Crippen molar-refractivity contribution < 1.29 is 8.42 Å². The molecule has 5 heteroatoms. The van der Waals surface area contributed by atoms with E-state index in [2.05, 4.69) is 10.3 Å². The molecule has 10 heavy (non-hydrogen) atoms. The largest absolute Gasteiger partial charge is 0.314 e. The topological polar surface area (TPSA) is 58.5 Å². The maximum atomic E-state index is 10.7. The molecule has 0 saturated heterocycles. The summed E-state index contributed by atoms with van der Waals surface area (Å²) < 4.78 is 21.3. The van der Waals surface area contributed by atoms with E-state index < -0.39 is 9.84 Å². The summed E-state index contributed by atoms with van der Waals surface area (Å²) in [5.41, 5.74) is 1.52. The molecule has 0 aromatic heterocycles. The lowest BCUT2D eigenvalue weighted by atomic mass is 10.5. The van der Waals surface area contributed by atoms with Gasteiger partial charge in [0.2, 0.25) is 9.84 Å². The highest BCUT2D eigenvalue weighted by atomic mass is 32.2. The van der Waals surface area contributed by atoms with E-state index in [0.29, 0.717) is 12.2 Å². The van der Waals surface area contributed by atoms with Crippen LogP contribution in [0.5, 0.6) is 0 Å². The summed E-state index contributed by atoms with van der Waals surface area (Å²) in [6, 6.07) is 0. The molecule has 0 bridgehead atoms. The van der Waals surface area contributed by atoms with Crippen molar-refractivity contribution in [1.82, 2.24) is 5.32 Å². The molecular formula is C5H8N2O2S. The maximum absolute atomic E-state index is 10.7. The molecule has 0 spiro atoms. The molecule has 0 atom stereocenters. The van der Waals surface area contributed by atoms with E-state index in [4.69, 9.17) is 0 Å². The summed E-state index contributed by atoms with van der Waals surface area (Å²) in [5.74, 6) is 0. The molecule has 0 aromatic rings. The Morgan fingerprint density at radius 2 is 2.40 bits per heavy atom. The normalized spacial score (nSPS) is 21.1. The standard InChI is InChI=1S/C5H8N2O2S/c1-6-2-5-3-10(8,9)4-7-5/h3-4,6H,2H2,1H3. The zero-order chi connectivity index (χ0) is 7.61. The predicted molar refractivity (Wildman–Crippen MR) is 39.4 cm³/mol. The molecule has 0 unspecified atom stereocenters. The van der Waals surface area contributed by atoms with Gasteiger partial charge in [-0.05, 0) is 7.05 Å². The number of likely N-dealkylation sites (N-methyl/N-ethyl adjacent to an activating group) is 1. The smallest absolute Gasteiger partial charge is 0.211 e. The Kier molecular flexibility index (Phi) is 1.87. The van der Waals surface area contributed by atoms with Gasteiger partial charge in [-0.1, -0.05) is 0 Å². The molecule has 0 amide bonds. The first-order valence-corrected chi connectivity index (χ1v) is 4.39. The van der Waals surface area contributed by atoms with Crippen molar-refractivity contribution in [1.29, 1.82) is 0 Å². The average Bonchev–Trinajstić information content (AvgIpc) is 2.12. The number of nitrogens with zero attached hydrogens (tertiary/aromatic N) is 1. The van der Waals surface area contributed by atoms with Crippen molar-refractivity contribution in [2.75, 3.05) is 13.6 Å². The lowest BCUT2D eigenvalue weighted by molar-refractivity contribution is 0.616. The van der Waals surface area contributed by atoms with Gasteiger partial charge in [0.05, 0.1) is 11.1 Å². The zero-order valence-electron chi connectivity index (χ0n) is 5.53. The first-order valence-electron chi connectivity index (χ1n) is 2.78. The van der Waals surface area contributed by atoms with Crippen LogP contribution in [0, 0.1) is 0 Å². The lowest BCUT2D eigenvalue weighted by Crippen LogP contribution is -2.08. The SMILES string of the molecule is CNCC1=CS(=O)(=O)C=N1. The minimum atomic E-state index is -3.11. The Balaban J connectivity index is 2.79. The number of rotatable bonds is 2. The highest BCUT2D eigenvalue weighted by Crippen LogP contribution is 2.06. The molecule has 0 fully saturated rings. The van der Waals surface area contributed by atoms with Crippen LogP contribution in [0.15, 0.2) is 16.1 Å². The Hall–Kier alpha value is -0.680. The molecular weight excluding hydrogens is 152 g/mol. The van der Waals surface area contributed by atoms with Crippen molar-refractivity contribution in [2.45, 2.75) is 0 Å². The quantitative estimate of drug-likeness (QED) is 0.592. The number of hydrogen-bond donors (Lipinski definition) is 1. The summed E-state index contributed by atoms with van der Waals surface area (Å²) in [7, 11) is -1.37. The van der Waals surface area contributed by atoms with Crippen molar-refractivity contribution in [3.63, 3.8) is 0 Å². The van der Waals surface area contributed by atoms with Crippen molar-refractivity contribution in [3.05, 3.63) is 11.1 Å². The van der Waals surface area contributed by atoms with Gasteiger partial charge in [0.25, 0.3) is 0 Å². The summed E-state index contributed by atoms with van der Waals surface area (Å²) in [5, 5.41) is 3.96. The van der Waals surface area contributed by atoms with Crippen LogP contribution in [0.1, 0.15) is 0 Å². The Morgan fingerprint density at radius 1 is 1.70 bits per heavy atom. The fraction of sp³-hybridized carbons (Fsp3) is 0.400. The van der Waals surface area contributed by atoms with Crippen LogP contribution in [0.25, 0.3) is 0 Å². The Morgan fingerprint density at radius 3 is 2.80 bits per heavy atom. The van der Waals surface area contributed by atoms with E-state index in [-0.39, 0.29) is 0 Å². The first-order chi connectivity index (χ1) is 4.64. The zero-order valence-corrected chi connectivity index (χ0v) is 6.35. The van der Waals surface area contributed by atoms with E-state index >= 15 is 0 Å². The molecule has 0 radical (unpaired) electrons. The van der Waals surface area contributed by atoms with Crippen molar-refractivity contribution >= 4 is 15.4 Å². The van der Waals surface area contributed by atoms with Crippen LogP contribution < -0.4 is 5.32 Å². The van der Waals surface area contributed by atoms with Gasteiger partial charge in [-0.2, -0.15) is 0 Å². The highest BCUT2D eigenvalue weighted by Gasteiger charge is 2.11. The third kappa shape index (κ3) is 1.65. The van der Waals surface area contributed by atoms with Crippen LogP contribution >= 0.6 is 0 Å². The molecule has 1 heterocycles. The maximum Gasteiger partial charge on any atom is 0.211 e. The second-order valence-corrected chi connectivity index (χ2v) is 3.59. The fourth-order valence-electron chi connectivity index (χ4n) is 0.660. The van der Waals surface area contributed by atoms with E-state index in [1.165, 1.54) is 0 Å². The summed E-state index contributed by atoms with van der Waals surface area (Å²) in [6.45, 7) is 0.496. The summed E-state index contributed by atoms with van der Waals surface area (Å²) >= 11 is 0. The summed E-state index contributed by atoms with van der Waals surface area (Å²) in [6.07, 6.45) is 0. The van der Waals surface area contributed by atoms with Gasteiger partial charge in [0, 0.05) is 6.54 Å². The van der Waals surface area contributed by atoms with Crippen LogP contribution in [-0.2, 0) is 9.84 Å². The molecule has 1 aliphatic heterocycles. The van der Waals surface area contributed by atoms with Crippen LogP contribution in [-0.4, -0.2) is 27.6 Å². The molecule has 0 saturated carbocycles. The Bertz CT molecular complexity index is 276. The number of sulfone groups is 1. The van der Waals surface area contributed by atoms with E-state index in [1.807, 2.05) is 0 Å². The fourth-order valence-corrected chi connectivity index (χ4v) is 1.53. The molecule has 1 N–H and O–H groups in total. The molecule has 0 aliphatic carbocycles. The van der Waals surface area contributed by atoms with Crippen LogP contribution in [0.3, 0.4) is 0 Å². The van der Waals surface area contributed by atoms with E-state index in [0.717, 1.165) is 11.0 Å². The molecule has 1 rings (SSSR count). The predicted octanol–water partition coefficient (Wildman–Crippen LogP) is -0.496. The molecule has 4 nitrogen and oxygen atoms in total. The minimum absolute atomic E-state index is 0.496. The van der Waals surface area contributed by atoms with Gasteiger partial charge in [0.15, 0.2) is 0 Å². The third-order valence-electron chi connectivity index (χ3n) is 1.02. The van der Waals surface area contributed by atoms with Gasteiger partial charge >= 0.3 is 0 Å². The first kappa shape index (κ1) is 7.43. The van der Waals surface area contributed by atoms with E-state index in [1.54, 1.807) is 7.05 Å². The number of nitrogens with one attached hydrogen (secondary N) is 1. The van der Waals surface area contributed by atoms with Gasteiger partial charge in [-0.25, -0.2) is 13.4 Å². The molecule has 1 aliphatic rings. The van der Waals surface area contributed by atoms with Crippen molar-refractivity contribution in [3.8, 4) is 0 Å². The highest BCUT2D eigenvalue weighted by molar-refractivity contribution is 8.07. The van der Waals surface area contributed by atoms with Gasteiger partial charge in [0.1, 0.15) is 5.55 Å². The van der Waals surface area contributed by atoms with Gasteiger partial charge in [-0.15, -0.1) is 0 Å². The Labute approximate surface area is 59.6 Å². The second kappa shape index (κ2) is 2.51. The minimum Gasteiger partial charge on any atom is -0.314 e. The second-order valence-electron chi connectivity index (χ2n) is 1.96. The monoisotopic (exact) mass is 160 g/mol. The van der Waals surface area contributed by atoms with Crippen LogP contribution in [0.4, 0.5) is 0 Å². The van der Waals surface area contributed by atoms with E-state index in [9.17, 15) is 8.42 Å². The molecule has 0 aromatic carbocycles. The van der Waals surface area contributed by atoms with Crippen LogP contribution in [0.2, 0.25) is 0 Å². The third-order valence-corrected chi connectivity index (χ3v) is 2.02. The van der Waals surface area contributed by atoms with Crippen molar-refractivity contribution in [2.24, 2.45) is 4.99 Å². The number of aliphatic imine (C=N–C) groups is 1. The lowest BCUT2D eigenvalue weighted by Gasteiger charge is -1.91. The van der Waals surface area contributed by atoms with Gasteiger partial charge in [-0.3, -0.25) is 0 Å². The summed E-state index contributed by atoms with van der Waals surface area (Å²) in [4.78, 5) is 3.66.